The zero-order valence-electron chi connectivity index (χ0n) is 8.60. The quantitative estimate of drug-likeness (QED) is 0.714. The molecule has 0 radical (unpaired) electrons. The van der Waals surface area contributed by atoms with Gasteiger partial charge in [0.05, 0.1) is 0 Å². The van der Waals surface area contributed by atoms with E-state index < -0.39 is 5.97 Å². The van der Waals surface area contributed by atoms with Crippen molar-refractivity contribution in [2.45, 2.75) is 13.0 Å². The van der Waals surface area contributed by atoms with Crippen LogP contribution in [0.25, 0.3) is 0 Å². The van der Waals surface area contributed by atoms with E-state index in [1.165, 1.54) is 0 Å². The number of aliphatic carboxylic acids is 1. The van der Waals surface area contributed by atoms with Crippen LogP contribution in [0, 0.1) is 0 Å². The summed E-state index contributed by atoms with van der Waals surface area (Å²) < 4.78 is 0. The molecule has 0 aliphatic rings. The third-order valence-electron chi connectivity index (χ3n) is 2.11. The van der Waals surface area contributed by atoms with Gasteiger partial charge in [0.2, 0.25) is 0 Å². The first kappa shape index (κ1) is 11.4. The van der Waals surface area contributed by atoms with Crippen LogP contribution in [-0.4, -0.2) is 22.6 Å². The van der Waals surface area contributed by atoms with Crippen molar-refractivity contribution in [1.82, 2.24) is 10.3 Å². The van der Waals surface area contributed by atoms with E-state index in [1.54, 1.807) is 12.4 Å². The maximum atomic E-state index is 10.5. The van der Waals surface area contributed by atoms with Gasteiger partial charge < -0.3 is 10.4 Å². The number of nitrogens with zero attached hydrogens (tertiary/aromatic N) is 1. The Morgan fingerprint density at radius 1 is 1.73 bits per heavy atom. The van der Waals surface area contributed by atoms with Gasteiger partial charge in [0.1, 0.15) is 0 Å². The molecule has 0 amide bonds. The molecule has 1 aromatic rings. The molecule has 1 atom stereocenters. The highest BCUT2D eigenvalue weighted by Gasteiger charge is 2.07. The molecule has 0 unspecified atom stereocenters. The minimum absolute atomic E-state index is 0.0646. The predicted molar refractivity (Wildman–Crippen MR) is 57.4 cm³/mol. The van der Waals surface area contributed by atoms with E-state index in [9.17, 15) is 4.79 Å². The Hall–Kier alpha value is -1.68. The molecular formula is C11H14N2O2. The Morgan fingerprint density at radius 3 is 3.00 bits per heavy atom. The zero-order chi connectivity index (χ0) is 11.3. The van der Waals surface area contributed by atoms with E-state index in [-0.39, 0.29) is 18.2 Å². The number of rotatable bonds is 5. The Kier molecular flexibility index (Phi) is 4.00. The Bertz CT molecular complexity index is 349. The summed E-state index contributed by atoms with van der Waals surface area (Å²) in [6.45, 7) is 5.66. The second-order valence-corrected chi connectivity index (χ2v) is 3.30. The number of hydrogen-bond acceptors (Lipinski definition) is 3. The molecular weight excluding hydrogens is 192 g/mol. The number of pyridine rings is 1. The van der Waals surface area contributed by atoms with Gasteiger partial charge >= 0.3 is 5.97 Å². The Labute approximate surface area is 88.7 Å². The average molecular weight is 206 g/mol. The Morgan fingerprint density at radius 2 is 2.47 bits per heavy atom. The van der Waals surface area contributed by atoms with E-state index in [2.05, 4.69) is 16.9 Å². The van der Waals surface area contributed by atoms with Crippen LogP contribution in [0.4, 0.5) is 0 Å². The summed E-state index contributed by atoms with van der Waals surface area (Å²) in [4.78, 5) is 14.5. The van der Waals surface area contributed by atoms with Crippen LogP contribution >= 0.6 is 0 Å². The van der Waals surface area contributed by atoms with E-state index in [0.717, 1.165) is 5.56 Å². The lowest BCUT2D eigenvalue weighted by molar-refractivity contribution is -0.132. The third-order valence-corrected chi connectivity index (χ3v) is 2.11. The maximum Gasteiger partial charge on any atom is 0.332 e. The topological polar surface area (TPSA) is 62.2 Å². The van der Waals surface area contributed by atoms with Crippen molar-refractivity contribution in [3.05, 3.63) is 42.2 Å². The van der Waals surface area contributed by atoms with E-state index in [1.807, 2.05) is 19.1 Å². The number of nitrogens with one attached hydrogen (secondary N) is 1. The number of carboxylic acid groups (broad SMARTS) is 1. The molecule has 0 saturated heterocycles. The second-order valence-electron chi connectivity index (χ2n) is 3.30. The average Bonchev–Trinajstić information content (AvgIpc) is 2.26. The molecule has 0 bridgehead atoms. The normalized spacial score (nSPS) is 12.1. The predicted octanol–water partition coefficient (Wildman–Crippen LogP) is 1.37. The molecule has 0 aliphatic heterocycles. The van der Waals surface area contributed by atoms with Crippen molar-refractivity contribution in [2.75, 3.05) is 6.54 Å². The van der Waals surface area contributed by atoms with Crippen LogP contribution in [-0.2, 0) is 4.79 Å². The fraction of sp³-hybridized carbons (Fsp3) is 0.273. The van der Waals surface area contributed by atoms with Crippen molar-refractivity contribution in [1.29, 1.82) is 0 Å². The lowest BCUT2D eigenvalue weighted by atomic mass is 10.1. The highest BCUT2D eigenvalue weighted by Crippen LogP contribution is 2.09. The largest absolute Gasteiger partial charge is 0.478 e. The number of aromatic nitrogens is 1. The summed E-state index contributed by atoms with van der Waals surface area (Å²) in [7, 11) is 0. The molecule has 4 nitrogen and oxygen atoms in total. The molecule has 0 fully saturated rings. The fourth-order valence-electron chi connectivity index (χ4n) is 1.10. The molecule has 4 heteroatoms. The molecule has 80 valence electrons. The first-order chi connectivity index (χ1) is 7.11. The summed E-state index contributed by atoms with van der Waals surface area (Å²) in [5, 5.41) is 11.7. The van der Waals surface area contributed by atoms with Gasteiger partial charge in [-0.15, -0.1) is 0 Å². The van der Waals surface area contributed by atoms with Gasteiger partial charge in [-0.2, -0.15) is 0 Å². The van der Waals surface area contributed by atoms with E-state index in [4.69, 9.17) is 5.11 Å². The monoisotopic (exact) mass is 206 g/mol. The summed E-state index contributed by atoms with van der Waals surface area (Å²) >= 11 is 0. The smallest absolute Gasteiger partial charge is 0.332 e. The molecule has 1 rings (SSSR count). The molecule has 15 heavy (non-hydrogen) atoms. The van der Waals surface area contributed by atoms with Crippen molar-refractivity contribution in [3.63, 3.8) is 0 Å². The van der Waals surface area contributed by atoms with Gasteiger partial charge in [0.15, 0.2) is 0 Å². The summed E-state index contributed by atoms with van der Waals surface area (Å²) in [5.74, 6) is -0.971. The van der Waals surface area contributed by atoms with Crippen LogP contribution < -0.4 is 5.32 Å². The SMILES string of the molecule is C=C(CN[C@H](C)c1cccnc1)C(=O)O. The summed E-state index contributed by atoms with van der Waals surface area (Å²) in [6.07, 6.45) is 3.45. The lowest BCUT2D eigenvalue weighted by Crippen LogP contribution is -2.23. The van der Waals surface area contributed by atoms with Crippen molar-refractivity contribution in [2.24, 2.45) is 0 Å². The molecule has 0 aliphatic carbocycles. The van der Waals surface area contributed by atoms with Crippen molar-refractivity contribution in [3.8, 4) is 0 Å². The first-order valence-corrected chi connectivity index (χ1v) is 4.65. The molecule has 2 N–H and O–H groups in total. The molecule has 0 aromatic carbocycles. The van der Waals surface area contributed by atoms with Crippen LogP contribution in [0.3, 0.4) is 0 Å². The van der Waals surface area contributed by atoms with Gasteiger partial charge in [-0.05, 0) is 18.6 Å². The minimum Gasteiger partial charge on any atom is -0.478 e. The van der Waals surface area contributed by atoms with Crippen LogP contribution in [0.15, 0.2) is 36.7 Å². The standard InChI is InChI=1S/C11H14N2O2/c1-8(11(14)15)6-13-9(2)10-4-3-5-12-7-10/h3-5,7,9,13H,1,6H2,2H3,(H,14,15)/t9-/m1/s1. The molecule has 0 spiro atoms. The Balaban J connectivity index is 2.47. The molecule has 1 heterocycles. The van der Waals surface area contributed by atoms with Gasteiger partial charge in [-0.3, -0.25) is 4.98 Å². The lowest BCUT2D eigenvalue weighted by Gasteiger charge is -2.13. The van der Waals surface area contributed by atoms with E-state index >= 15 is 0 Å². The number of carboxylic acids is 1. The highest BCUT2D eigenvalue weighted by atomic mass is 16.4. The first-order valence-electron chi connectivity index (χ1n) is 4.65. The minimum atomic E-state index is -0.971. The van der Waals surface area contributed by atoms with Crippen LogP contribution in [0.5, 0.6) is 0 Å². The number of carbonyl (C=O) groups is 1. The van der Waals surface area contributed by atoms with Crippen molar-refractivity contribution < 1.29 is 9.90 Å². The zero-order valence-corrected chi connectivity index (χ0v) is 8.60. The van der Waals surface area contributed by atoms with Crippen LogP contribution in [0.2, 0.25) is 0 Å². The molecule has 0 saturated carbocycles. The fourth-order valence-corrected chi connectivity index (χ4v) is 1.10. The number of hydrogen-bond donors (Lipinski definition) is 2. The summed E-state index contributed by atoms with van der Waals surface area (Å²) in [6, 6.07) is 3.85. The van der Waals surface area contributed by atoms with E-state index in [0.29, 0.717) is 0 Å². The van der Waals surface area contributed by atoms with Crippen LogP contribution in [0.1, 0.15) is 18.5 Å². The van der Waals surface area contributed by atoms with Gasteiger partial charge in [-0.25, -0.2) is 4.79 Å². The molecule has 1 aromatic heterocycles. The van der Waals surface area contributed by atoms with Gasteiger partial charge in [0, 0.05) is 30.6 Å². The van der Waals surface area contributed by atoms with Crippen molar-refractivity contribution >= 4 is 5.97 Å². The second kappa shape index (κ2) is 5.26. The van der Waals surface area contributed by atoms with Gasteiger partial charge in [0.25, 0.3) is 0 Å². The highest BCUT2D eigenvalue weighted by molar-refractivity contribution is 5.86. The van der Waals surface area contributed by atoms with Gasteiger partial charge in [-0.1, -0.05) is 12.6 Å². The maximum absolute atomic E-state index is 10.5. The summed E-state index contributed by atoms with van der Waals surface area (Å²) in [5.41, 5.74) is 1.18. The third kappa shape index (κ3) is 3.52.